The van der Waals surface area contributed by atoms with Crippen LogP contribution in [0, 0.1) is 16.0 Å². The van der Waals surface area contributed by atoms with Gasteiger partial charge in [-0.3, -0.25) is 19.8 Å². The van der Waals surface area contributed by atoms with Gasteiger partial charge < -0.3 is 10.2 Å². The molecule has 2 aromatic rings. The van der Waals surface area contributed by atoms with Crippen molar-refractivity contribution in [1.82, 2.24) is 10.2 Å². The molecule has 1 atom stereocenters. The number of piperidine rings is 1. The highest BCUT2D eigenvalue weighted by Crippen LogP contribution is 2.38. The lowest BCUT2D eigenvalue weighted by Gasteiger charge is -2.33. The maximum absolute atomic E-state index is 13.0. The Kier molecular flexibility index (Phi) is 7.42. The topological polar surface area (TPSA) is 78.7 Å². The van der Waals surface area contributed by atoms with Crippen molar-refractivity contribution < 1.29 is 22.9 Å². The Morgan fingerprint density at radius 1 is 1.18 bits per heavy atom. The Labute approximate surface area is 199 Å². The van der Waals surface area contributed by atoms with Crippen LogP contribution < -0.4 is 10.2 Å². The van der Waals surface area contributed by atoms with Crippen molar-refractivity contribution in [2.24, 2.45) is 5.92 Å². The number of benzene rings is 1. The van der Waals surface area contributed by atoms with Gasteiger partial charge in [-0.15, -0.1) is 11.3 Å². The summed E-state index contributed by atoms with van der Waals surface area (Å²) in [7, 11) is 0. The molecule has 1 aromatic heterocycles. The first-order valence-corrected chi connectivity index (χ1v) is 12.3. The van der Waals surface area contributed by atoms with E-state index in [0.29, 0.717) is 38.5 Å². The standard InChI is InChI=1S/C23H27F3N4O3S/c24-23(25,26)17-5-6-18(19(14-17)30(32)33)29-11-7-16(8-12-29)22(31)27-15-20(21-4-3-13-34-21)28-9-1-2-10-28/h3-6,13-14,16,20H,1-2,7-12,15H2,(H,27,31). The van der Waals surface area contributed by atoms with E-state index in [-0.39, 0.29) is 23.6 Å². The van der Waals surface area contributed by atoms with E-state index in [1.54, 1.807) is 16.2 Å². The number of hydrogen-bond acceptors (Lipinski definition) is 6. The van der Waals surface area contributed by atoms with Crippen LogP contribution in [0.2, 0.25) is 0 Å². The van der Waals surface area contributed by atoms with Crippen LogP contribution >= 0.6 is 11.3 Å². The number of alkyl halides is 3. The lowest BCUT2D eigenvalue weighted by atomic mass is 9.95. The van der Waals surface area contributed by atoms with Crippen LogP contribution in [0.1, 0.15) is 42.2 Å². The predicted octanol–water partition coefficient (Wildman–Crippen LogP) is 4.84. The number of hydrogen-bond donors (Lipinski definition) is 1. The van der Waals surface area contributed by atoms with Crippen molar-refractivity contribution in [3.05, 3.63) is 56.3 Å². The van der Waals surface area contributed by atoms with Crippen LogP contribution in [0.3, 0.4) is 0 Å². The van der Waals surface area contributed by atoms with Crippen molar-refractivity contribution in [2.45, 2.75) is 37.9 Å². The van der Waals surface area contributed by atoms with Gasteiger partial charge in [-0.05, 0) is 62.4 Å². The fourth-order valence-corrected chi connectivity index (χ4v) is 5.64. The van der Waals surface area contributed by atoms with Crippen LogP contribution in [-0.4, -0.2) is 48.5 Å². The molecule has 0 aliphatic carbocycles. The zero-order chi connectivity index (χ0) is 24.3. The SMILES string of the molecule is O=C(NCC(c1cccs1)N1CCCC1)C1CCN(c2ccc(C(F)(F)F)cc2[N+](=O)[O-])CC1. The highest BCUT2D eigenvalue weighted by molar-refractivity contribution is 7.10. The third-order valence-corrected chi connectivity index (χ3v) is 7.60. The molecule has 11 heteroatoms. The lowest BCUT2D eigenvalue weighted by Crippen LogP contribution is -2.43. The number of anilines is 1. The minimum Gasteiger partial charge on any atom is -0.366 e. The molecule has 7 nitrogen and oxygen atoms in total. The molecule has 2 saturated heterocycles. The fraction of sp³-hybridized carbons (Fsp3) is 0.522. The number of amides is 1. The van der Waals surface area contributed by atoms with E-state index in [0.717, 1.165) is 38.1 Å². The fourth-order valence-electron chi connectivity index (χ4n) is 4.78. The second-order valence-corrected chi connectivity index (χ2v) is 9.72. The highest BCUT2D eigenvalue weighted by atomic mass is 32.1. The number of carbonyl (C=O) groups is 1. The van der Waals surface area contributed by atoms with Gasteiger partial charge >= 0.3 is 6.18 Å². The second kappa shape index (κ2) is 10.3. The summed E-state index contributed by atoms with van der Waals surface area (Å²) in [5.74, 6) is -0.269. The molecule has 1 amide bonds. The van der Waals surface area contributed by atoms with Crippen LogP contribution in [0.15, 0.2) is 35.7 Å². The van der Waals surface area contributed by atoms with Gasteiger partial charge in [0.15, 0.2) is 0 Å². The van der Waals surface area contributed by atoms with E-state index in [2.05, 4.69) is 16.3 Å². The number of rotatable bonds is 7. The number of thiophene rings is 1. The molecule has 3 heterocycles. The van der Waals surface area contributed by atoms with Gasteiger partial charge in [-0.25, -0.2) is 0 Å². The smallest absolute Gasteiger partial charge is 0.366 e. The maximum atomic E-state index is 13.0. The van der Waals surface area contributed by atoms with Gasteiger partial charge in [0.2, 0.25) is 5.91 Å². The van der Waals surface area contributed by atoms with Crippen molar-refractivity contribution in [2.75, 3.05) is 37.6 Å². The van der Waals surface area contributed by atoms with E-state index >= 15 is 0 Å². The first-order chi connectivity index (χ1) is 16.2. The number of nitro benzene ring substituents is 1. The molecular weight excluding hydrogens is 469 g/mol. The summed E-state index contributed by atoms with van der Waals surface area (Å²) in [6.07, 6.45) is -1.37. The zero-order valence-electron chi connectivity index (χ0n) is 18.6. The van der Waals surface area contributed by atoms with Gasteiger partial charge in [0.1, 0.15) is 5.69 Å². The summed E-state index contributed by atoms with van der Waals surface area (Å²) in [5, 5.41) is 16.6. The molecule has 2 fully saturated rings. The van der Waals surface area contributed by atoms with E-state index in [4.69, 9.17) is 0 Å². The summed E-state index contributed by atoms with van der Waals surface area (Å²) in [6, 6.07) is 6.86. The van der Waals surface area contributed by atoms with E-state index < -0.39 is 22.4 Å². The highest BCUT2D eigenvalue weighted by Gasteiger charge is 2.35. The first kappa shape index (κ1) is 24.5. The Bertz CT molecular complexity index is 1000. The number of halogens is 3. The molecule has 0 saturated carbocycles. The minimum atomic E-state index is -4.65. The molecule has 1 aromatic carbocycles. The van der Waals surface area contributed by atoms with Gasteiger partial charge in [0.05, 0.1) is 16.5 Å². The summed E-state index contributed by atoms with van der Waals surface area (Å²) >= 11 is 1.68. The maximum Gasteiger partial charge on any atom is 0.416 e. The number of nitro groups is 1. The number of likely N-dealkylation sites (tertiary alicyclic amines) is 1. The molecule has 184 valence electrons. The molecule has 1 N–H and O–H groups in total. The summed E-state index contributed by atoms with van der Waals surface area (Å²) in [6.45, 7) is 3.30. The quantitative estimate of drug-likeness (QED) is 0.438. The van der Waals surface area contributed by atoms with Crippen LogP contribution in [0.4, 0.5) is 24.5 Å². The Morgan fingerprint density at radius 2 is 1.88 bits per heavy atom. The van der Waals surface area contributed by atoms with E-state index in [1.165, 1.54) is 4.88 Å². The van der Waals surface area contributed by atoms with Gasteiger partial charge in [-0.2, -0.15) is 13.2 Å². The van der Waals surface area contributed by atoms with E-state index in [9.17, 15) is 28.1 Å². The third kappa shape index (κ3) is 5.52. The summed E-state index contributed by atoms with van der Waals surface area (Å²) in [5.41, 5.74) is -1.46. The Balaban J connectivity index is 1.36. The molecule has 2 aliphatic rings. The van der Waals surface area contributed by atoms with Gasteiger partial charge in [0.25, 0.3) is 5.69 Å². The Morgan fingerprint density at radius 3 is 2.47 bits per heavy atom. The summed E-state index contributed by atoms with van der Waals surface area (Å²) in [4.78, 5) is 28.8. The molecule has 34 heavy (non-hydrogen) atoms. The largest absolute Gasteiger partial charge is 0.416 e. The number of carbonyl (C=O) groups excluding carboxylic acids is 1. The minimum absolute atomic E-state index is 0.0395. The normalized spacial score (nSPS) is 18.7. The molecule has 2 aliphatic heterocycles. The van der Waals surface area contributed by atoms with Crippen molar-refractivity contribution >= 4 is 28.6 Å². The average Bonchev–Trinajstić information content (AvgIpc) is 3.53. The number of nitrogens with one attached hydrogen (secondary N) is 1. The molecular formula is C23H27F3N4O3S. The zero-order valence-corrected chi connectivity index (χ0v) is 19.4. The van der Waals surface area contributed by atoms with Crippen LogP contribution in [0.25, 0.3) is 0 Å². The predicted molar refractivity (Wildman–Crippen MR) is 124 cm³/mol. The molecule has 4 rings (SSSR count). The summed E-state index contributed by atoms with van der Waals surface area (Å²) < 4.78 is 38.9. The Hall–Kier alpha value is -2.66. The van der Waals surface area contributed by atoms with Crippen molar-refractivity contribution in [3.8, 4) is 0 Å². The van der Waals surface area contributed by atoms with Crippen molar-refractivity contribution in [1.29, 1.82) is 0 Å². The van der Waals surface area contributed by atoms with Crippen LogP contribution in [-0.2, 0) is 11.0 Å². The van der Waals surface area contributed by atoms with Gasteiger partial charge in [-0.1, -0.05) is 6.07 Å². The average molecular weight is 497 g/mol. The lowest BCUT2D eigenvalue weighted by molar-refractivity contribution is -0.384. The molecule has 0 spiro atoms. The number of nitrogens with zero attached hydrogens (tertiary/aromatic N) is 3. The van der Waals surface area contributed by atoms with Gasteiger partial charge in [0, 0.05) is 36.5 Å². The third-order valence-electron chi connectivity index (χ3n) is 6.63. The second-order valence-electron chi connectivity index (χ2n) is 8.74. The molecule has 1 unspecified atom stereocenters. The molecule has 0 bridgehead atoms. The van der Waals surface area contributed by atoms with Crippen molar-refractivity contribution in [3.63, 3.8) is 0 Å². The molecule has 0 radical (unpaired) electrons. The van der Waals surface area contributed by atoms with E-state index in [1.807, 2.05) is 11.4 Å². The monoisotopic (exact) mass is 496 g/mol. The first-order valence-electron chi connectivity index (χ1n) is 11.4. The van der Waals surface area contributed by atoms with Crippen LogP contribution in [0.5, 0.6) is 0 Å².